The number of para-hydroxylation sites is 1. The highest BCUT2D eigenvalue weighted by Crippen LogP contribution is 2.21. The van der Waals surface area contributed by atoms with Gasteiger partial charge in [0.1, 0.15) is 5.84 Å². The van der Waals surface area contributed by atoms with Gasteiger partial charge in [0.2, 0.25) is 5.91 Å². The molecule has 0 atom stereocenters. The second-order valence-corrected chi connectivity index (χ2v) is 11.5. The minimum absolute atomic E-state index is 0.0915. The van der Waals surface area contributed by atoms with Crippen molar-refractivity contribution in [1.29, 1.82) is 0 Å². The van der Waals surface area contributed by atoms with Crippen LogP contribution in [0.4, 0.5) is 11.4 Å². The fourth-order valence-electron chi connectivity index (χ4n) is 5.35. The van der Waals surface area contributed by atoms with Crippen molar-refractivity contribution in [2.24, 2.45) is 5.10 Å². The topological polar surface area (TPSA) is 128 Å². The van der Waals surface area contributed by atoms with Gasteiger partial charge < -0.3 is 15.7 Å². The summed E-state index contributed by atoms with van der Waals surface area (Å²) in [6.45, 7) is 2.25. The summed E-state index contributed by atoms with van der Waals surface area (Å²) in [5.41, 5.74) is 0.536. The number of amidine groups is 1. The summed E-state index contributed by atoms with van der Waals surface area (Å²) in [4.78, 5) is 49.7. The van der Waals surface area contributed by atoms with Crippen LogP contribution in [0.3, 0.4) is 0 Å². The number of aromatic carboxylic acids is 1. The Morgan fingerprint density at radius 2 is 1.32 bits per heavy atom. The number of hydrogen-bond acceptors (Lipinski definition) is 5. The molecule has 0 radical (unpaired) electrons. The second kappa shape index (κ2) is 19.3. The molecule has 0 aromatic heterocycles. The number of nitrogens with zero attached hydrogens (tertiary/aromatic N) is 2. The Labute approximate surface area is 261 Å². The van der Waals surface area contributed by atoms with Crippen LogP contribution in [0.2, 0.25) is 0 Å². The van der Waals surface area contributed by atoms with Crippen LogP contribution in [0.5, 0.6) is 0 Å². The SMILES string of the molecule is CCCCCCCCCCCCCCCCCC(=O)Nc1ccc(C(=O)NC2=NN(c3ccccc3)C(=O)C2)c(C(=O)O)c1. The molecule has 0 fully saturated rings. The van der Waals surface area contributed by atoms with Gasteiger partial charge in [0.15, 0.2) is 0 Å². The average molecular weight is 605 g/mol. The molecule has 44 heavy (non-hydrogen) atoms. The van der Waals surface area contributed by atoms with E-state index in [0.717, 1.165) is 19.3 Å². The number of amides is 3. The van der Waals surface area contributed by atoms with E-state index >= 15 is 0 Å². The van der Waals surface area contributed by atoms with Gasteiger partial charge >= 0.3 is 5.97 Å². The van der Waals surface area contributed by atoms with E-state index in [0.29, 0.717) is 17.8 Å². The number of rotatable bonds is 20. The molecular weight excluding hydrogens is 556 g/mol. The van der Waals surface area contributed by atoms with Gasteiger partial charge in [0.05, 0.1) is 23.2 Å². The van der Waals surface area contributed by atoms with E-state index in [-0.39, 0.29) is 35.2 Å². The fraction of sp³-hybridized carbons (Fsp3) is 0.514. The van der Waals surface area contributed by atoms with Gasteiger partial charge in [-0.15, -0.1) is 0 Å². The lowest BCUT2D eigenvalue weighted by Crippen LogP contribution is -2.31. The number of carboxylic acids is 1. The van der Waals surface area contributed by atoms with Crippen molar-refractivity contribution in [2.75, 3.05) is 10.3 Å². The number of carbonyl (C=O) groups is 4. The summed E-state index contributed by atoms with van der Waals surface area (Å²) in [6.07, 6.45) is 19.0. The van der Waals surface area contributed by atoms with Crippen molar-refractivity contribution in [3.8, 4) is 0 Å². The van der Waals surface area contributed by atoms with Crippen molar-refractivity contribution in [1.82, 2.24) is 5.32 Å². The predicted octanol–water partition coefficient (Wildman–Crippen LogP) is 8.07. The van der Waals surface area contributed by atoms with Crippen LogP contribution in [0.15, 0.2) is 53.6 Å². The number of unbranched alkanes of at least 4 members (excludes halogenated alkanes) is 14. The number of benzene rings is 2. The highest BCUT2D eigenvalue weighted by atomic mass is 16.4. The third-order valence-electron chi connectivity index (χ3n) is 7.82. The lowest BCUT2D eigenvalue weighted by Gasteiger charge is -2.11. The van der Waals surface area contributed by atoms with E-state index in [1.165, 1.54) is 100 Å². The van der Waals surface area contributed by atoms with Crippen LogP contribution in [-0.2, 0) is 9.59 Å². The van der Waals surface area contributed by atoms with E-state index in [4.69, 9.17) is 0 Å². The molecule has 1 aliphatic rings. The Bertz CT molecular complexity index is 1260. The summed E-state index contributed by atoms with van der Waals surface area (Å²) < 4.78 is 0. The highest BCUT2D eigenvalue weighted by Gasteiger charge is 2.27. The Morgan fingerprint density at radius 3 is 1.89 bits per heavy atom. The van der Waals surface area contributed by atoms with Crippen LogP contribution >= 0.6 is 0 Å². The van der Waals surface area contributed by atoms with E-state index in [1.807, 2.05) is 6.07 Å². The quantitative estimate of drug-likeness (QED) is 0.132. The molecular formula is C35H48N4O5. The third kappa shape index (κ3) is 11.9. The van der Waals surface area contributed by atoms with Gasteiger partial charge in [-0.1, -0.05) is 115 Å². The van der Waals surface area contributed by atoms with Gasteiger partial charge in [-0.3, -0.25) is 14.4 Å². The van der Waals surface area contributed by atoms with Gasteiger partial charge in [0.25, 0.3) is 11.8 Å². The number of hydrazone groups is 1. The number of nitrogens with one attached hydrogen (secondary N) is 2. The van der Waals surface area contributed by atoms with Gasteiger partial charge in [-0.05, 0) is 36.8 Å². The molecule has 9 nitrogen and oxygen atoms in total. The van der Waals surface area contributed by atoms with Crippen molar-refractivity contribution in [3.05, 3.63) is 59.7 Å². The molecule has 2 aromatic carbocycles. The van der Waals surface area contributed by atoms with Crippen molar-refractivity contribution >= 4 is 40.9 Å². The summed E-state index contributed by atoms with van der Waals surface area (Å²) in [5, 5.41) is 20.4. The minimum atomic E-state index is -1.30. The summed E-state index contributed by atoms with van der Waals surface area (Å²) >= 11 is 0. The Hall–Kier alpha value is -4.01. The summed E-state index contributed by atoms with van der Waals surface area (Å²) in [5.74, 6) is -2.37. The monoisotopic (exact) mass is 604 g/mol. The summed E-state index contributed by atoms with van der Waals surface area (Å²) in [6, 6.07) is 12.9. The molecule has 0 saturated carbocycles. The number of anilines is 2. The lowest BCUT2D eigenvalue weighted by atomic mass is 10.0. The van der Waals surface area contributed by atoms with Crippen LogP contribution in [0.1, 0.15) is 137 Å². The average Bonchev–Trinajstić information content (AvgIpc) is 3.38. The summed E-state index contributed by atoms with van der Waals surface area (Å²) in [7, 11) is 0. The van der Waals surface area contributed by atoms with Gasteiger partial charge in [0, 0.05) is 12.1 Å². The molecule has 238 valence electrons. The molecule has 0 unspecified atom stereocenters. The predicted molar refractivity (Wildman–Crippen MR) is 175 cm³/mol. The smallest absolute Gasteiger partial charge is 0.336 e. The number of carbonyl (C=O) groups excluding carboxylic acids is 3. The maximum Gasteiger partial charge on any atom is 0.336 e. The van der Waals surface area contributed by atoms with Crippen LogP contribution < -0.4 is 15.6 Å². The number of hydrogen-bond donors (Lipinski definition) is 3. The van der Waals surface area contributed by atoms with Gasteiger partial charge in [-0.25, -0.2) is 4.79 Å². The molecule has 0 saturated heterocycles. The molecule has 3 N–H and O–H groups in total. The first kappa shape index (κ1) is 34.5. The van der Waals surface area contributed by atoms with Gasteiger partial charge in [-0.2, -0.15) is 10.1 Å². The first-order chi connectivity index (χ1) is 21.4. The Balaban J connectivity index is 1.34. The van der Waals surface area contributed by atoms with Crippen LogP contribution in [0.25, 0.3) is 0 Å². The molecule has 2 aromatic rings. The molecule has 0 bridgehead atoms. The molecule has 1 aliphatic heterocycles. The van der Waals surface area contributed by atoms with Crippen molar-refractivity contribution < 1.29 is 24.3 Å². The largest absolute Gasteiger partial charge is 0.478 e. The Kier molecular flexibility index (Phi) is 15.1. The molecule has 1 heterocycles. The normalized spacial score (nSPS) is 12.7. The standard InChI is InChI=1S/C35H48N4O5/c1-2-3-4-5-6-7-8-9-10-11-12-13-14-15-19-22-32(40)36-27-23-24-29(30(25-27)35(43)44)34(42)37-31-26-33(41)39(38-31)28-20-17-16-18-21-28/h16-18,20-21,23-25H,2-15,19,22,26H2,1H3,(H,36,40)(H,43,44)(H,37,38,42). The second-order valence-electron chi connectivity index (χ2n) is 11.5. The maximum absolute atomic E-state index is 12.9. The minimum Gasteiger partial charge on any atom is -0.478 e. The molecule has 0 spiro atoms. The molecule has 3 rings (SSSR count). The first-order valence-electron chi connectivity index (χ1n) is 16.3. The van der Waals surface area contributed by atoms with Crippen molar-refractivity contribution in [2.45, 2.75) is 116 Å². The van der Waals surface area contributed by atoms with E-state index in [1.54, 1.807) is 24.3 Å². The first-order valence-corrected chi connectivity index (χ1v) is 16.3. The van der Waals surface area contributed by atoms with Crippen LogP contribution in [-0.4, -0.2) is 34.6 Å². The highest BCUT2D eigenvalue weighted by molar-refractivity contribution is 6.19. The van der Waals surface area contributed by atoms with E-state index < -0.39 is 11.9 Å². The maximum atomic E-state index is 12.9. The third-order valence-corrected chi connectivity index (χ3v) is 7.82. The van der Waals surface area contributed by atoms with Crippen molar-refractivity contribution in [3.63, 3.8) is 0 Å². The van der Waals surface area contributed by atoms with E-state index in [9.17, 15) is 24.3 Å². The zero-order chi connectivity index (χ0) is 31.6. The van der Waals surface area contributed by atoms with Crippen LogP contribution in [0, 0.1) is 0 Å². The number of carboxylic acid groups (broad SMARTS) is 1. The molecule has 0 aliphatic carbocycles. The fourth-order valence-corrected chi connectivity index (χ4v) is 5.35. The Morgan fingerprint density at radius 1 is 0.750 bits per heavy atom. The van der Waals surface area contributed by atoms with E-state index in [2.05, 4.69) is 22.7 Å². The molecule has 9 heteroatoms. The zero-order valence-corrected chi connectivity index (χ0v) is 26.1. The lowest BCUT2D eigenvalue weighted by molar-refractivity contribution is -0.117. The zero-order valence-electron chi connectivity index (χ0n) is 26.1. The molecule has 3 amide bonds.